The number of halogens is 2. The standard InChI is InChI=1S/C19H12F2N2/c20-15-11-16(21)19-22-17(13-7-3-1-4-8-13)18(23(19)12-15)14-9-5-2-6-10-14/h1-12H. The van der Waals surface area contributed by atoms with Crippen LogP contribution in [0.2, 0.25) is 0 Å². The van der Waals surface area contributed by atoms with E-state index < -0.39 is 11.6 Å². The average Bonchev–Trinajstić information content (AvgIpc) is 2.96. The van der Waals surface area contributed by atoms with Crippen LogP contribution >= 0.6 is 0 Å². The highest BCUT2D eigenvalue weighted by molar-refractivity contribution is 5.82. The summed E-state index contributed by atoms with van der Waals surface area (Å²) in [6.07, 6.45) is 1.26. The second kappa shape index (κ2) is 5.32. The lowest BCUT2D eigenvalue weighted by atomic mass is 10.1. The van der Waals surface area contributed by atoms with Gasteiger partial charge in [0.2, 0.25) is 0 Å². The van der Waals surface area contributed by atoms with Crippen LogP contribution in [0.4, 0.5) is 8.78 Å². The van der Waals surface area contributed by atoms with Gasteiger partial charge in [0.1, 0.15) is 5.82 Å². The molecule has 0 saturated carbocycles. The van der Waals surface area contributed by atoms with Gasteiger partial charge in [0, 0.05) is 23.4 Å². The molecule has 0 atom stereocenters. The Morgan fingerprint density at radius 1 is 0.783 bits per heavy atom. The van der Waals surface area contributed by atoms with Crippen molar-refractivity contribution < 1.29 is 8.78 Å². The molecule has 2 aromatic heterocycles. The lowest BCUT2D eigenvalue weighted by molar-refractivity contribution is 0.577. The highest BCUT2D eigenvalue weighted by Gasteiger charge is 2.18. The van der Waals surface area contributed by atoms with Crippen LogP contribution in [0.25, 0.3) is 28.2 Å². The van der Waals surface area contributed by atoms with Gasteiger partial charge in [0.05, 0.1) is 11.4 Å². The van der Waals surface area contributed by atoms with Crippen molar-refractivity contribution >= 4 is 5.65 Å². The van der Waals surface area contributed by atoms with Gasteiger partial charge < -0.3 is 0 Å². The van der Waals surface area contributed by atoms with Gasteiger partial charge in [-0.3, -0.25) is 4.40 Å². The molecule has 0 bridgehead atoms. The minimum absolute atomic E-state index is 0.115. The van der Waals surface area contributed by atoms with Crippen molar-refractivity contribution in [3.05, 3.63) is 84.6 Å². The van der Waals surface area contributed by atoms with Crippen LogP contribution in [0.3, 0.4) is 0 Å². The predicted octanol–water partition coefficient (Wildman–Crippen LogP) is 4.95. The van der Waals surface area contributed by atoms with Gasteiger partial charge in [0.25, 0.3) is 0 Å². The Hall–Kier alpha value is -3.01. The zero-order valence-electron chi connectivity index (χ0n) is 12.1. The van der Waals surface area contributed by atoms with E-state index in [0.717, 1.165) is 17.2 Å². The summed E-state index contributed by atoms with van der Waals surface area (Å²) < 4.78 is 29.3. The molecule has 112 valence electrons. The van der Waals surface area contributed by atoms with Crippen molar-refractivity contribution in [2.24, 2.45) is 0 Å². The molecule has 0 aliphatic heterocycles. The van der Waals surface area contributed by atoms with Crippen LogP contribution in [-0.4, -0.2) is 9.38 Å². The average molecular weight is 306 g/mol. The van der Waals surface area contributed by atoms with Crippen LogP contribution in [0.1, 0.15) is 0 Å². The zero-order chi connectivity index (χ0) is 15.8. The maximum absolute atomic E-state index is 14.1. The molecule has 0 aliphatic rings. The van der Waals surface area contributed by atoms with Crippen LogP contribution in [0.5, 0.6) is 0 Å². The summed E-state index contributed by atoms with van der Waals surface area (Å²) in [5.41, 5.74) is 3.12. The van der Waals surface area contributed by atoms with Gasteiger partial charge in [-0.15, -0.1) is 0 Å². The number of rotatable bonds is 2. The van der Waals surface area contributed by atoms with Gasteiger partial charge in [-0.2, -0.15) is 0 Å². The summed E-state index contributed by atoms with van der Waals surface area (Å²) in [6, 6.07) is 19.8. The highest BCUT2D eigenvalue weighted by atomic mass is 19.1. The Bertz CT molecular complexity index is 977. The Morgan fingerprint density at radius 3 is 2.04 bits per heavy atom. The molecule has 0 amide bonds. The van der Waals surface area contributed by atoms with Crippen LogP contribution in [-0.2, 0) is 0 Å². The fourth-order valence-electron chi connectivity index (χ4n) is 2.74. The first kappa shape index (κ1) is 13.6. The molecule has 0 radical (unpaired) electrons. The van der Waals surface area contributed by atoms with Gasteiger partial charge in [-0.1, -0.05) is 60.7 Å². The van der Waals surface area contributed by atoms with Gasteiger partial charge in [-0.25, -0.2) is 13.8 Å². The second-order valence-corrected chi connectivity index (χ2v) is 5.24. The van der Waals surface area contributed by atoms with Crippen molar-refractivity contribution in [2.75, 3.05) is 0 Å². The zero-order valence-corrected chi connectivity index (χ0v) is 12.1. The highest BCUT2D eigenvalue weighted by Crippen LogP contribution is 2.33. The molecule has 4 aromatic rings. The molecule has 4 heteroatoms. The number of fused-ring (bicyclic) bond motifs is 1. The Balaban J connectivity index is 2.12. The number of hydrogen-bond donors (Lipinski definition) is 0. The minimum atomic E-state index is -0.677. The van der Waals surface area contributed by atoms with E-state index in [1.54, 1.807) is 0 Å². The smallest absolute Gasteiger partial charge is 0.174 e. The number of benzene rings is 2. The Labute approximate surface area is 131 Å². The molecule has 2 heterocycles. The molecular formula is C19H12F2N2. The topological polar surface area (TPSA) is 17.3 Å². The monoisotopic (exact) mass is 306 g/mol. The molecule has 0 fully saturated rings. The minimum Gasteiger partial charge on any atom is -0.294 e. The second-order valence-electron chi connectivity index (χ2n) is 5.24. The van der Waals surface area contributed by atoms with E-state index in [2.05, 4.69) is 4.98 Å². The molecule has 0 unspecified atom stereocenters. The number of nitrogens with zero attached hydrogens (tertiary/aromatic N) is 2. The molecule has 0 spiro atoms. The first-order valence-electron chi connectivity index (χ1n) is 7.22. The van der Waals surface area contributed by atoms with Crippen molar-refractivity contribution in [1.29, 1.82) is 0 Å². The van der Waals surface area contributed by atoms with E-state index in [4.69, 9.17) is 0 Å². The van der Waals surface area contributed by atoms with Crippen LogP contribution < -0.4 is 0 Å². The quantitative estimate of drug-likeness (QED) is 0.512. The molecule has 0 saturated heterocycles. The van der Waals surface area contributed by atoms with Gasteiger partial charge >= 0.3 is 0 Å². The predicted molar refractivity (Wildman–Crippen MR) is 86.0 cm³/mol. The van der Waals surface area contributed by atoms with E-state index in [1.165, 1.54) is 10.6 Å². The summed E-state index contributed by atoms with van der Waals surface area (Å²) in [5.74, 6) is -1.31. The van der Waals surface area contributed by atoms with E-state index in [-0.39, 0.29) is 5.65 Å². The molecule has 2 nitrogen and oxygen atoms in total. The molecular weight excluding hydrogens is 294 g/mol. The maximum Gasteiger partial charge on any atom is 0.174 e. The molecule has 2 aromatic carbocycles. The van der Waals surface area contributed by atoms with E-state index in [0.29, 0.717) is 11.4 Å². The maximum atomic E-state index is 14.1. The number of imidazole rings is 1. The largest absolute Gasteiger partial charge is 0.294 e. The summed E-state index contributed by atoms with van der Waals surface area (Å²) >= 11 is 0. The molecule has 23 heavy (non-hydrogen) atoms. The summed E-state index contributed by atoms with van der Waals surface area (Å²) in [4.78, 5) is 4.42. The number of pyridine rings is 1. The summed E-state index contributed by atoms with van der Waals surface area (Å²) in [5, 5.41) is 0. The summed E-state index contributed by atoms with van der Waals surface area (Å²) in [7, 11) is 0. The third-order valence-corrected chi connectivity index (χ3v) is 3.74. The first-order valence-corrected chi connectivity index (χ1v) is 7.22. The molecule has 0 N–H and O–H groups in total. The molecule has 4 rings (SSSR count). The van der Waals surface area contributed by atoms with Crippen LogP contribution in [0.15, 0.2) is 72.9 Å². The normalized spacial score (nSPS) is 11.0. The summed E-state index contributed by atoms with van der Waals surface area (Å²) in [6.45, 7) is 0. The lowest BCUT2D eigenvalue weighted by Gasteiger charge is -2.06. The van der Waals surface area contributed by atoms with Crippen molar-refractivity contribution in [2.45, 2.75) is 0 Å². The van der Waals surface area contributed by atoms with E-state index in [1.807, 2.05) is 60.7 Å². The lowest BCUT2D eigenvalue weighted by Crippen LogP contribution is -1.94. The van der Waals surface area contributed by atoms with Crippen molar-refractivity contribution in [1.82, 2.24) is 9.38 Å². The molecule has 0 aliphatic carbocycles. The van der Waals surface area contributed by atoms with Gasteiger partial charge in [-0.05, 0) is 0 Å². The number of aromatic nitrogens is 2. The first-order chi connectivity index (χ1) is 11.2. The van der Waals surface area contributed by atoms with Crippen molar-refractivity contribution in [3.63, 3.8) is 0 Å². The van der Waals surface area contributed by atoms with Crippen LogP contribution in [0, 0.1) is 11.6 Å². The SMILES string of the molecule is Fc1cc(F)c2nc(-c3ccccc3)c(-c3ccccc3)n2c1. The fourth-order valence-corrected chi connectivity index (χ4v) is 2.74. The van der Waals surface area contributed by atoms with Gasteiger partial charge in [0.15, 0.2) is 11.5 Å². The van der Waals surface area contributed by atoms with E-state index >= 15 is 0 Å². The van der Waals surface area contributed by atoms with Crippen molar-refractivity contribution in [3.8, 4) is 22.5 Å². The third-order valence-electron chi connectivity index (χ3n) is 3.74. The Kier molecular flexibility index (Phi) is 3.15. The third kappa shape index (κ3) is 2.28. The fraction of sp³-hybridized carbons (Fsp3) is 0. The van der Waals surface area contributed by atoms with E-state index in [9.17, 15) is 8.78 Å². The number of hydrogen-bond acceptors (Lipinski definition) is 1. The Morgan fingerprint density at radius 2 is 1.39 bits per heavy atom.